The summed E-state index contributed by atoms with van der Waals surface area (Å²) in [5.41, 5.74) is 2.37. The van der Waals surface area contributed by atoms with Crippen molar-refractivity contribution in [1.29, 1.82) is 0 Å². The smallest absolute Gasteiger partial charge is 0.872 e. The van der Waals surface area contributed by atoms with E-state index < -0.39 is 30.9 Å². The molecule has 0 amide bonds. The van der Waals surface area contributed by atoms with Crippen molar-refractivity contribution in [2.24, 2.45) is 0 Å². The van der Waals surface area contributed by atoms with Gasteiger partial charge in [-0.2, -0.15) is 8.42 Å². The summed E-state index contributed by atoms with van der Waals surface area (Å²) in [6, 6.07) is 21.1. The molecule has 10 nitrogen and oxygen atoms in total. The summed E-state index contributed by atoms with van der Waals surface area (Å²) >= 11 is 0. The number of ether oxygens (including phenoxy) is 2. The number of hydrogen-bond acceptors (Lipinski definition) is 9. The van der Waals surface area contributed by atoms with Gasteiger partial charge in [-0.05, 0) is 85.3 Å². The van der Waals surface area contributed by atoms with Crippen LogP contribution in [0.25, 0.3) is 0 Å². The number of aromatic hydroxyl groups is 1. The maximum Gasteiger partial charge on any atom is 2.00 e. The van der Waals surface area contributed by atoms with Crippen LogP contribution in [0.15, 0.2) is 94.7 Å². The Morgan fingerprint density at radius 3 is 1.36 bits per heavy atom. The molecule has 2 N–H and O–H groups in total. The van der Waals surface area contributed by atoms with Crippen LogP contribution in [-0.2, 0) is 33.1 Å². The van der Waals surface area contributed by atoms with Crippen LogP contribution >= 0.6 is 0 Å². The molecule has 0 aliphatic rings. The van der Waals surface area contributed by atoms with E-state index in [1.54, 1.807) is 24.3 Å². The zero-order chi connectivity index (χ0) is 39.4. The van der Waals surface area contributed by atoms with E-state index in [1.165, 1.54) is 94.2 Å². The molecular weight excluding hydrogens is 769 g/mol. The topological polar surface area (TPSA) is 173 Å². The second-order valence-electron chi connectivity index (χ2n) is 13.4. The molecule has 0 saturated carbocycles. The molecule has 0 saturated heterocycles. The molecule has 55 heavy (non-hydrogen) atoms. The van der Waals surface area contributed by atoms with Crippen molar-refractivity contribution in [2.45, 2.75) is 126 Å². The predicted molar refractivity (Wildman–Crippen MR) is 214 cm³/mol. The summed E-state index contributed by atoms with van der Waals surface area (Å²) in [5, 5.41) is 21.0. The normalized spacial score (nSPS) is 11.3. The Morgan fingerprint density at radius 1 is 0.545 bits per heavy atom. The molecule has 0 radical (unpaired) electrons. The van der Waals surface area contributed by atoms with Crippen molar-refractivity contribution in [3.8, 4) is 34.5 Å². The fourth-order valence-corrected chi connectivity index (χ4v) is 7.02. The Balaban J connectivity index is 0.000000373. The number of phenols is 1. The SMILES string of the molecule is CCCCCCCCCc1ccc(Oc2cc(O)ccc2S(=O)(=O)O)cc1.CCCCCCCCCc1ccc(Oc2cc([O-])ccc2S(=O)(=O)[O-])cc1.[Ca+2]. The van der Waals surface area contributed by atoms with Gasteiger partial charge in [-0.25, -0.2) is 8.42 Å². The fourth-order valence-electron chi connectivity index (χ4n) is 5.84. The number of phenolic OH excluding ortho intramolecular Hbond substituents is 1. The third-order valence-electron chi connectivity index (χ3n) is 8.83. The summed E-state index contributed by atoms with van der Waals surface area (Å²) < 4.78 is 77.1. The largest absolute Gasteiger partial charge is 2.00 e. The molecular formula is C42H54CaO10S2. The molecule has 0 spiro atoms. The maximum absolute atomic E-state index is 11.5. The minimum Gasteiger partial charge on any atom is -0.872 e. The zero-order valence-electron chi connectivity index (χ0n) is 32.1. The van der Waals surface area contributed by atoms with Crippen LogP contribution in [0, 0.1) is 0 Å². The van der Waals surface area contributed by atoms with Gasteiger partial charge >= 0.3 is 37.7 Å². The molecule has 296 valence electrons. The van der Waals surface area contributed by atoms with Gasteiger partial charge in [0.05, 0.1) is 4.90 Å². The monoisotopic (exact) mass is 822 g/mol. The molecule has 0 fully saturated rings. The first-order chi connectivity index (χ1) is 25.8. The van der Waals surface area contributed by atoms with Gasteiger partial charge in [-0.3, -0.25) is 4.55 Å². The van der Waals surface area contributed by atoms with E-state index in [0.29, 0.717) is 11.5 Å². The van der Waals surface area contributed by atoms with Crippen LogP contribution in [0.3, 0.4) is 0 Å². The van der Waals surface area contributed by atoms with E-state index in [4.69, 9.17) is 9.47 Å². The number of benzene rings is 4. The first-order valence-electron chi connectivity index (χ1n) is 18.9. The Labute approximate surface area is 357 Å². The van der Waals surface area contributed by atoms with Gasteiger partial charge in [0.15, 0.2) is 5.75 Å². The number of rotatable bonds is 22. The Morgan fingerprint density at radius 2 is 0.945 bits per heavy atom. The molecule has 0 heterocycles. The van der Waals surface area contributed by atoms with Gasteiger partial charge in [0, 0.05) is 6.07 Å². The Bertz CT molecular complexity index is 1770. The zero-order valence-corrected chi connectivity index (χ0v) is 35.9. The van der Waals surface area contributed by atoms with E-state index in [0.717, 1.165) is 56.0 Å². The van der Waals surface area contributed by atoms with Gasteiger partial charge in [0.2, 0.25) is 0 Å². The van der Waals surface area contributed by atoms with Crippen molar-refractivity contribution in [3.63, 3.8) is 0 Å². The van der Waals surface area contributed by atoms with E-state index in [-0.39, 0.29) is 59.9 Å². The minimum atomic E-state index is -4.72. The third-order valence-corrected chi connectivity index (χ3v) is 10.6. The van der Waals surface area contributed by atoms with Crippen molar-refractivity contribution in [2.75, 3.05) is 0 Å². The second-order valence-corrected chi connectivity index (χ2v) is 16.1. The summed E-state index contributed by atoms with van der Waals surface area (Å²) in [5.74, 6) is -0.0989. The van der Waals surface area contributed by atoms with Gasteiger partial charge in [-0.15, -0.1) is 5.75 Å². The van der Waals surface area contributed by atoms with Gasteiger partial charge in [0.25, 0.3) is 10.1 Å². The van der Waals surface area contributed by atoms with E-state index in [1.807, 2.05) is 24.3 Å². The van der Waals surface area contributed by atoms with E-state index >= 15 is 0 Å². The fraction of sp³-hybridized carbons (Fsp3) is 0.429. The molecule has 13 heteroatoms. The Kier molecular flexibility index (Phi) is 22.3. The number of hydrogen-bond donors (Lipinski definition) is 2. The summed E-state index contributed by atoms with van der Waals surface area (Å²) in [6.45, 7) is 4.43. The van der Waals surface area contributed by atoms with Crippen LogP contribution < -0.4 is 14.6 Å². The quantitative estimate of drug-likeness (QED) is 0.0441. The minimum absolute atomic E-state index is 0. The van der Waals surface area contributed by atoms with E-state index in [9.17, 15) is 36.2 Å². The van der Waals surface area contributed by atoms with Crippen LogP contribution in [-0.4, -0.2) is 68.8 Å². The molecule has 0 bridgehead atoms. The first kappa shape index (κ1) is 48.3. The van der Waals surface area contributed by atoms with Crippen molar-refractivity contribution >= 4 is 58.0 Å². The second kappa shape index (κ2) is 25.4. The average Bonchev–Trinajstić information content (AvgIpc) is 3.11. The standard InChI is InChI=1S/2C21H28O5S.Ca/c2*1-2-3-4-5-6-7-8-9-17-10-13-19(14-11-17)26-20-16-18(22)12-15-21(20)27(23,24)25;/h2*10-16,22H,2-9H2,1H3,(H,23,24,25);/q;;+2/p-2. The molecule has 4 rings (SSSR count). The van der Waals surface area contributed by atoms with Crippen molar-refractivity contribution in [3.05, 3.63) is 96.1 Å². The molecule has 0 aliphatic carbocycles. The predicted octanol–water partition coefficient (Wildman–Crippen LogP) is 10.1. The molecule has 4 aromatic rings. The number of aryl methyl sites for hydroxylation is 2. The van der Waals surface area contributed by atoms with Gasteiger partial charge in [-0.1, -0.05) is 121 Å². The molecule has 0 aliphatic heterocycles. The summed E-state index contributed by atoms with van der Waals surface area (Å²) in [4.78, 5) is -0.915. The summed E-state index contributed by atoms with van der Waals surface area (Å²) in [7, 11) is -9.15. The summed E-state index contributed by atoms with van der Waals surface area (Å²) in [6.07, 6.45) is 19.6. The van der Waals surface area contributed by atoms with Gasteiger partial charge < -0.3 is 24.2 Å². The molecule has 4 aromatic carbocycles. The number of unbranched alkanes of at least 4 members (excludes halogenated alkanes) is 12. The van der Waals surface area contributed by atoms with Crippen LogP contribution in [0.2, 0.25) is 0 Å². The Hall–Kier alpha value is -2.84. The molecule has 0 unspecified atom stereocenters. The maximum atomic E-state index is 11.5. The first-order valence-corrected chi connectivity index (χ1v) is 21.8. The van der Waals surface area contributed by atoms with E-state index in [2.05, 4.69) is 13.8 Å². The third kappa shape index (κ3) is 18.8. The van der Waals surface area contributed by atoms with Crippen molar-refractivity contribution in [1.82, 2.24) is 0 Å². The van der Waals surface area contributed by atoms with Crippen molar-refractivity contribution < 1.29 is 45.6 Å². The van der Waals surface area contributed by atoms with Gasteiger partial charge in [0.1, 0.15) is 38.0 Å². The van der Waals surface area contributed by atoms with Crippen LogP contribution in [0.1, 0.15) is 115 Å². The van der Waals surface area contributed by atoms with Crippen LogP contribution in [0.5, 0.6) is 34.5 Å². The molecule has 0 aromatic heterocycles. The van der Waals surface area contributed by atoms with Crippen LogP contribution in [0.4, 0.5) is 0 Å². The average molecular weight is 823 g/mol. The molecule has 0 atom stereocenters.